The second-order valence-corrected chi connectivity index (χ2v) is 8.82. The van der Waals surface area contributed by atoms with Crippen molar-refractivity contribution < 1.29 is 18.3 Å². The average Bonchev–Trinajstić information content (AvgIpc) is 2.72. The summed E-state index contributed by atoms with van der Waals surface area (Å²) < 4.78 is 34.3. The highest BCUT2D eigenvalue weighted by molar-refractivity contribution is 5.98. The topological polar surface area (TPSA) is 26.3 Å². The Bertz CT molecular complexity index is 1130. The molecule has 1 aliphatic heterocycles. The highest BCUT2D eigenvalue weighted by Gasteiger charge is 2.46. The van der Waals surface area contributed by atoms with Crippen LogP contribution in [0, 0.1) is 18.6 Å². The van der Waals surface area contributed by atoms with Crippen LogP contribution in [-0.2, 0) is 6.42 Å². The molecule has 31 heavy (non-hydrogen) atoms. The summed E-state index contributed by atoms with van der Waals surface area (Å²) in [4.78, 5) is 12.5. The van der Waals surface area contributed by atoms with Gasteiger partial charge in [-0.25, -0.2) is 8.78 Å². The molecule has 5 rings (SSSR count). The van der Waals surface area contributed by atoms with Crippen LogP contribution in [0.5, 0.6) is 5.75 Å². The van der Waals surface area contributed by atoms with Gasteiger partial charge in [0.1, 0.15) is 23.0 Å². The van der Waals surface area contributed by atoms with Crippen molar-refractivity contribution in [3.63, 3.8) is 0 Å². The molecule has 1 spiro atoms. The minimum Gasteiger partial charge on any atom is -0.487 e. The molecule has 1 heterocycles. The number of carbonyl (C=O) groups is 1. The molecule has 158 valence electrons. The molecule has 2 aliphatic rings. The van der Waals surface area contributed by atoms with Gasteiger partial charge in [0.05, 0.1) is 5.56 Å². The number of aryl methyl sites for hydroxylation is 1. The van der Waals surface area contributed by atoms with E-state index in [-0.39, 0.29) is 17.9 Å². The van der Waals surface area contributed by atoms with Gasteiger partial charge in [-0.3, -0.25) is 4.79 Å². The quantitative estimate of drug-likeness (QED) is 0.450. The minimum atomic E-state index is -0.818. The normalized spacial score (nSPS) is 18.7. The van der Waals surface area contributed by atoms with Crippen LogP contribution in [0.2, 0.25) is 0 Å². The third kappa shape index (κ3) is 3.54. The number of carbonyl (C=O) groups excluding carboxylic acids is 1. The van der Waals surface area contributed by atoms with E-state index in [1.165, 1.54) is 29.2 Å². The predicted molar refractivity (Wildman–Crippen MR) is 116 cm³/mol. The van der Waals surface area contributed by atoms with Crippen LogP contribution in [0.1, 0.15) is 64.2 Å². The molecule has 0 radical (unpaired) electrons. The van der Waals surface area contributed by atoms with E-state index in [0.717, 1.165) is 42.7 Å². The van der Waals surface area contributed by atoms with Crippen molar-refractivity contribution in [3.8, 4) is 5.75 Å². The van der Waals surface area contributed by atoms with E-state index in [9.17, 15) is 13.6 Å². The van der Waals surface area contributed by atoms with Crippen molar-refractivity contribution in [2.24, 2.45) is 0 Å². The molecule has 3 aromatic carbocycles. The van der Waals surface area contributed by atoms with Gasteiger partial charge in [-0.2, -0.15) is 0 Å². The molecule has 0 amide bonds. The van der Waals surface area contributed by atoms with E-state index in [1.807, 2.05) is 30.3 Å². The summed E-state index contributed by atoms with van der Waals surface area (Å²) in [5.74, 6) is -0.975. The smallest absolute Gasteiger partial charge is 0.173 e. The van der Waals surface area contributed by atoms with Crippen LogP contribution in [0.25, 0.3) is 0 Å². The standard InChI is InChI=1S/C27H24F2O2/c1-17-5-2-8-24-25(17)20(16-27(31-24)13-4-14-27)19-11-9-18(10-12-19)15-23(30)26-21(28)6-3-7-22(26)29/h2-3,5-12,20H,4,13-16H2,1H3. The maximum Gasteiger partial charge on any atom is 0.173 e. The predicted octanol–water partition coefficient (Wildman–Crippen LogP) is 6.54. The zero-order chi connectivity index (χ0) is 21.6. The first-order valence-corrected chi connectivity index (χ1v) is 10.8. The number of rotatable bonds is 4. The molecule has 0 bridgehead atoms. The zero-order valence-corrected chi connectivity index (χ0v) is 17.5. The lowest BCUT2D eigenvalue weighted by molar-refractivity contribution is -0.0300. The average molecular weight is 418 g/mol. The molecule has 2 nitrogen and oxygen atoms in total. The van der Waals surface area contributed by atoms with E-state index < -0.39 is 23.0 Å². The second kappa shape index (κ2) is 7.60. The van der Waals surface area contributed by atoms with Gasteiger partial charge in [0.25, 0.3) is 0 Å². The van der Waals surface area contributed by atoms with Gasteiger partial charge in [0, 0.05) is 17.9 Å². The van der Waals surface area contributed by atoms with E-state index >= 15 is 0 Å². The molecule has 4 heteroatoms. The van der Waals surface area contributed by atoms with Crippen molar-refractivity contribution >= 4 is 5.78 Å². The molecule has 1 saturated carbocycles. The summed E-state index contributed by atoms with van der Waals surface area (Å²) in [6.07, 6.45) is 4.27. The fourth-order valence-electron chi connectivity index (χ4n) is 5.01. The lowest BCUT2D eigenvalue weighted by Gasteiger charge is -2.48. The third-order valence-electron chi connectivity index (χ3n) is 6.79. The molecule has 0 aromatic heterocycles. The van der Waals surface area contributed by atoms with Crippen molar-refractivity contribution in [1.29, 1.82) is 0 Å². The number of hydrogen-bond donors (Lipinski definition) is 0. The van der Waals surface area contributed by atoms with Crippen LogP contribution in [-0.4, -0.2) is 11.4 Å². The maximum absolute atomic E-state index is 13.9. The van der Waals surface area contributed by atoms with E-state index in [1.54, 1.807) is 0 Å². The summed E-state index contributed by atoms with van der Waals surface area (Å²) in [6, 6.07) is 17.6. The molecule has 0 saturated heterocycles. The largest absolute Gasteiger partial charge is 0.487 e. The number of halogens is 2. The number of Topliss-reactive ketones (excluding diaryl/α,β-unsaturated/α-hetero) is 1. The Morgan fingerprint density at radius 1 is 1.00 bits per heavy atom. The van der Waals surface area contributed by atoms with Gasteiger partial charge in [0.15, 0.2) is 5.78 Å². The first kappa shape index (κ1) is 19.9. The minimum absolute atomic E-state index is 0.0362. The van der Waals surface area contributed by atoms with Crippen molar-refractivity contribution in [2.45, 2.75) is 50.5 Å². The maximum atomic E-state index is 13.9. The lowest BCUT2D eigenvalue weighted by atomic mass is 9.68. The third-order valence-corrected chi connectivity index (χ3v) is 6.79. The van der Waals surface area contributed by atoms with Crippen LogP contribution >= 0.6 is 0 Å². The van der Waals surface area contributed by atoms with Crippen LogP contribution in [0.4, 0.5) is 8.78 Å². The molecular formula is C27H24F2O2. The van der Waals surface area contributed by atoms with Gasteiger partial charge in [-0.15, -0.1) is 0 Å². The van der Waals surface area contributed by atoms with Gasteiger partial charge in [0.2, 0.25) is 0 Å². The number of fused-ring (bicyclic) bond motifs is 1. The zero-order valence-electron chi connectivity index (χ0n) is 17.5. The van der Waals surface area contributed by atoms with E-state index in [2.05, 4.69) is 19.1 Å². The molecule has 1 aliphatic carbocycles. The van der Waals surface area contributed by atoms with Crippen molar-refractivity contribution in [2.75, 3.05) is 0 Å². The Kier molecular flexibility index (Phi) is 4.88. The Labute approximate surface area is 180 Å². The summed E-state index contributed by atoms with van der Waals surface area (Å²) in [5, 5.41) is 0. The first-order chi connectivity index (χ1) is 15.0. The van der Waals surface area contributed by atoms with Gasteiger partial charge in [-0.1, -0.05) is 42.5 Å². The number of benzene rings is 3. The van der Waals surface area contributed by atoms with Crippen molar-refractivity contribution in [1.82, 2.24) is 0 Å². The lowest BCUT2D eigenvalue weighted by Crippen LogP contribution is -2.47. The Morgan fingerprint density at radius 3 is 2.32 bits per heavy atom. The van der Waals surface area contributed by atoms with Crippen LogP contribution < -0.4 is 4.74 Å². The Morgan fingerprint density at radius 2 is 1.68 bits per heavy atom. The highest BCUT2D eigenvalue weighted by Crippen LogP contribution is 2.52. The molecule has 3 aromatic rings. The highest BCUT2D eigenvalue weighted by atomic mass is 19.1. The summed E-state index contributed by atoms with van der Waals surface area (Å²) in [6.45, 7) is 2.12. The first-order valence-electron chi connectivity index (χ1n) is 10.8. The summed E-state index contributed by atoms with van der Waals surface area (Å²) >= 11 is 0. The van der Waals surface area contributed by atoms with Crippen LogP contribution in [0.3, 0.4) is 0 Å². The van der Waals surface area contributed by atoms with Crippen LogP contribution in [0.15, 0.2) is 60.7 Å². The SMILES string of the molecule is Cc1cccc2c1C(c1ccc(CC(=O)c3c(F)cccc3F)cc1)CC1(CCC1)O2. The van der Waals surface area contributed by atoms with Gasteiger partial charge < -0.3 is 4.74 Å². The van der Waals surface area contributed by atoms with Gasteiger partial charge in [-0.05, 0) is 67.5 Å². The van der Waals surface area contributed by atoms with E-state index in [0.29, 0.717) is 0 Å². The van der Waals surface area contributed by atoms with Crippen molar-refractivity contribution in [3.05, 3.63) is 100 Å². The van der Waals surface area contributed by atoms with E-state index in [4.69, 9.17) is 4.74 Å². The molecular weight excluding hydrogens is 394 g/mol. The number of ketones is 1. The fraction of sp³-hybridized carbons (Fsp3) is 0.296. The molecule has 1 unspecified atom stereocenters. The number of hydrogen-bond acceptors (Lipinski definition) is 2. The fourth-order valence-corrected chi connectivity index (χ4v) is 5.01. The Balaban J connectivity index is 1.42. The molecule has 0 N–H and O–H groups in total. The molecule has 1 fully saturated rings. The summed E-state index contributed by atoms with van der Waals surface area (Å²) in [7, 11) is 0. The molecule has 1 atom stereocenters. The summed E-state index contributed by atoms with van der Waals surface area (Å²) in [5.41, 5.74) is 3.84. The Hall–Kier alpha value is -3.01. The second-order valence-electron chi connectivity index (χ2n) is 8.82. The number of ether oxygens (including phenoxy) is 1. The monoisotopic (exact) mass is 418 g/mol. The van der Waals surface area contributed by atoms with Gasteiger partial charge >= 0.3 is 0 Å².